The second kappa shape index (κ2) is 5.72. The van der Waals surface area contributed by atoms with E-state index in [2.05, 4.69) is 26.1 Å². The van der Waals surface area contributed by atoms with E-state index in [4.69, 9.17) is 0 Å². The molecule has 3 unspecified atom stereocenters. The maximum atomic E-state index is 12.3. The van der Waals surface area contributed by atoms with Crippen LogP contribution in [0.1, 0.15) is 45.6 Å². The fourth-order valence-electron chi connectivity index (χ4n) is 4.52. The number of fused-ring (bicyclic) bond motifs is 2. The van der Waals surface area contributed by atoms with Crippen molar-refractivity contribution in [3.63, 3.8) is 0 Å². The second-order valence-electron chi connectivity index (χ2n) is 7.85. The van der Waals surface area contributed by atoms with E-state index in [9.17, 15) is 14.9 Å². The van der Waals surface area contributed by atoms with Gasteiger partial charge in [0.25, 0.3) is 5.69 Å². The summed E-state index contributed by atoms with van der Waals surface area (Å²) in [6.45, 7) is 6.94. The summed E-state index contributed by atoms with van der Waals surface area (Å²) in [5, 5.41) is 13.8. The fraction of sp³-hybridized carbons (Fsp3) is 0.526. The Bertz CT molecular complexity index is 693. The number of hydrogen-bond acceptors (Lipinski definition) is 3. The van der Waals surface area contributed by atoms with E-state index in [1.54, 1.807) is 18.2 Å². The molecule has 3 rings (SSSR count). The molecule has 24 heavy (non-hydrogen) atoms. The fourth-order valence-corrected chi connectivity index (χ4v) is 4.52. The topological polar surface area (TPSA) is 72.2 Å². The van der Waals surface area contributed by atoms with Crippen LogP contribution in [0.25, 0.3) is 6.08 Å². The van der Waals surface area contributed by atoms with E-state index in [1.165, 1.54) is 31.1 Å². The first-order valence-corrected chi connectivity index (χ1v) is 8.47. The van der Waals surface area contributed by atoms with Gasteiger partial charge >= 0.3 is 0 Å². The van der Waals surface area contributed by atoms with Crippen molar-refractivity contribution in [2.45, 2.75) is 46.1 Å². The number of hydrogen-bond donors (Lipinski definition) is 1. The summed E-state index contributed by atoms with van der Waals surface area (Å²) in [7, 11) is 0. The molecule has 5 heteroatoms. The molecule has 5 nitrogen and oxygen atoms in total. The van der Waals surface area contributed by atoms with E-state index in [1.807, 2.05) is 0 Å². The molecule has 3 atom stereocenters. The molecule has 2 saturated carbocycles. The first-order valence-electron chi connectivity index (χ1n) is 8.47. The maximum absolute atomic E-state index is 12.3. The van der Waals surface area contributed by atoms with Crippen molar-refractivity contribution in [1.29, 1.82) is 0 Å². The number of nitrogens with one attached hydrogen (secondary N) is 1. The Hall–Kier alpha value is -2.17. The maximum Gasteiger partial charge on any atom is 0.269 e. The molecule has 0 saturated heterocycles. The smallest absolute Gasteiger partial charge is 0.269 e. The van der Waals surface area contributed by atoms with Gasteiger partial charge < -0.3 is 5.32 Å². The van der Waals surface area contributed by atoms with Crippen LogP contribution in [-0.4, -0.2) is 16.9 Å². The number of benzene rings is 1. The predicted octanol–water partition coefficient (Wildman–Crippen LogP) is 3.94. The summed E-state index contributed by atoms with van der Waals surface area (Å²) < 4.78 is 0. The van der Waals surface area contributed by atoms with Crippen LogP contribution >= 0.6 is 0 Å². The Balaban J connectivity index is 1.63. The predicted molar refractivity (Wildman–Crippen MR) is 93.3 cm³/mol. The van der Waals surface area contributed by atoms with Gasteiger partial charge in [-0.1, -0.05) is 20.8 Å². The van der Waals surface area contributed by atoms with Gasteiger partial charge in [0, 0.05) is 24.3 Å². The minimum absolute atomic E-state index is 0.0498. The molecule has 0 spiro atoms. The van der Waals surface area contributed by atoms with E-state index in [0.29, 0.717) is 5.92 Å². The molecule has 0 heterocycles. The van der Waals surface area contributed by atoms with Gasteiger partial charge in [-0.2, -0.15) is 0 Å². The lowest BCUT2D eigenvalue weighted by Gasteiger charge is -2.39. The van der Waals surface area contributed by atoms with Crippen LogP contribution in [0.15, 0.2) is 30.3 Å². The number of nitro benzene ring substituents is 1. The molecule has 1 N–H and O–H groups in total. The molecule has 2 aliphatic rings. The Morgan fingerprint density at radius 3 is 2.46 bits per heavy atom. The molecule has 128 valence electrons. The third-order valence-electron chi connectivity index (χ3n) is 6.64. The van der Waals surface area contributed by atoms with E-state index in [-0.39, 0.29) is 28.5 Å². The van der Waals surface area contributed by atoms with E-state index in [0.717, 1.165) is 12.0 Å². The highest BCUT2D eigenvalue weighted by atomic mass is 16.6. The molecule has 0 radical (unpaired) electrons. The molecular weight excluding hydrogens is 304 g/mol. The normalized spacial score (nSPS) is 30.6. The van der Waals surface area contributed by atoms with Gasteiger partial charge in [-0.15, -0.1) is 0 Å². The zero-order valence-corrected chi connectivity index (χ0v) is 14.4. The molecule has 1 aromatic carbocycles. The highest BCUT2D eigenvalue weighted by molar-refractivity contribution is 5.92. The van der Waals surface area contributed by atoms with E-state index >= 15 is 0 Å². The Kier molecular flexibility index (Phi) is 3.98. The molecule has 0 aliphatic heterocycles. The minimum atomic E-state index is -0.433. The van der Waals surface area contributed by atoms with Crippen molar-refractivity contribution in [2.24, 2.45) is 16.7 Å². The number of amides is 1. The molecule has 2 fully saturated rings. The van der Waals surface area contributed by atoms with E-state index < -0.39 is 4.92 Å². The molecule has 1 amide bonds. The zero-order valence-electron chi connectivity index (χ0n) is 14.4. The van der Waals surface area contributed by atoms with Crippen LogP contribution in [-0.2, 0) is 4.79 Å². The number of non-ortho nitro benzene ring substituents is 1. The number of carbonyl (C=O) groups is 1. The first kappa shape index (κ1) is 16.7. The lowest BCUT2D eigenvalue weighted by Crippen LogP contribution is -2.46. The lowest BCUT2D eigenvalue weighted by molar-refractivity contribution is -0.384. The van der Waals surface area contributed by atoms with Crippen LogP contribution in [0.3, 0.4) is 0 Å². The SMILES string of the molecule is CC1(C)C2CCC1(C)C(NC(=O)C=Cc1ccc([N+](=O)[O-])cc1)C2. The van der Waals surface area contributed by atoms with Gasteiger partial charge in [-0.25, -0.2) is 0 Å². The second-order valence-corrected chi connectivity index (χ2v) is 7.85. The molecule has 0 aromatic heterocycles. The van der Waals surface area contributed by atoms with Gasteiger partial charge in [-0.05, 0) is 59.8 Å². The Labute approximate surface area is 142 Å². The van der Waals surface area contributed by atoms with Gasteiger partial charge in [0.15, 0.2) is 0 Å². The van der Waals surface area contributed by atoms with Crippen molar-refractivity contribution in [3.8, 4) is 0 Å². The summed E-state index contributed by atoms with van der Waals surface area (Å²) in [6.07, 6.45) is 6.69. The van der Waals surface area contributed by atoms with Gasteiger partial charge in [0.1, 0.15) is 0 Å². The van der Waals surface area contributed by atoms with Gasteiger partial charge in [0.2, 0.25) is 5.91 Å². The summed E-state index contributed by atoms with van der Waals surface area (Å²) in [6, 6.07) is 6.39. The monoisotopic (exact) mass is 328 g/mol. The Morgan fingerprint density at radius 2 is 1.96 bits per heavy atom. The quantitative estimate of drug-likeness (QED) is 0.517. The standard InChI is InChI=1S/C19H24N2O3/c1-18(2)14-10-11-19(18,3)16(12-14)20-17(22)9-6-13-4-7-15(8-5-13)21(23)24/h4-9,14,16H,10-12H2,1-3H3,(H,20,22). The van der Waals surface area contributed by atoms with Crippen molar-refractivity contribution in [2.75, 3.05) is 0 Å². The highest BCUT2D eigenvalue weighted by Gasteiger charge is 2.61. The summed E-state index contributed by atoms with van der Waals surface area (Å²) in [5.41, 5.74) is 1.26. The summed E-state index contributed by atoms with van der Waals surface area (Å²) in [5.74, 6) is 0.592. The average Bonchev–Trinajstić information content (AvgIpc) is 2.86. The van der Waals surface area contributed by atoms with Crippen LogP contribution in [0.2, 0.25) is 0 Å². The van der Waals surface area contributed by atoms with Crippen LogP contribution in [0, 0.1) is 26.9 Å². The summed E-state index contributed by atoms with van der Waals surface area (Å²) in [4.78, 5) is 22.5. The molecule has 2 aliphatic carbocycles. The van der Waals surface area contributed by atoms with Crippen molar-refractivity contribution >= 4 is 17.7 Å². The van der Waals surface area contributed by atoms with Crippen LogP contribution in [0.4, 0.5) is 5.69 Å². The largest absolute Gasteiger partial charge is 0.349 e. The average molecular weight is 328 g/mol. The van der Waals surface area contributed by atoms with Crippen molar-refractivity contribution in [3.05, 3.63) is 46.0 Å². The Morgan fingerprint density at radius 1 is 1.29 bits per heavy atom. The van der Waals surface area contributed by atoms with Crippen LogP contribution < -0.4 is 5.32 Å². The molecule has 1 aromatic rings. The number of carbonyl (C=O) groups excluding carboxylic acids is 1. The third-order valence-corrected chi connectivity index (χ3v) is 6.64. The third kappa shape index (κ3) is 2.62. The first-order chi connectivity index (χ1) is 11.2. The number of rotatable bonds is 4. The highest BCUT2D eigenvalue weighted by Crippen LogP contribution is 2.65. The zero-order chi connectivity index (χ0) is 17.5. The summed E-state index contributed by atoms with van der Waals surface area (Å²) >= 11 is 0. The number of nitro groups is 1. The van der Waals surface area contributed by atoms with Gasteiger partial charge in [-0.3, -0.25) is 14.9 Å². The number of nitrogens with zero attached hydrogens (tertiary/aromatic N) is 1. The molecule has 2 bridgehead atoms. The van der Waals surface area contributed by atoms with Crippen molar-refractivity contribution in [1.82, 2.24) is 5.32 Å². The van der Waals surface area contributed by atoms with Crippen LogP contribution in [0.5, 0.6) is 0 Å². The lowest BCUT2D eigenvalue weighted by atomic mass is 9.69. The van der Waals surface area contributed by atoms with Gasteiger partial charge in [0.05, 0.1) is 4.92 Å². The van der Waals surface area contributed by atoms with Crippen molar-refractivity contribution < 1.29 is 9.72 Å². The minimum Gasteiger partial charge on any atom is -0.349 e. The molecular formula is C19H24N2O3.